The van der Waals surface area contributed by atoms with Crippen LogP contribution in [0.2, 0.25) is 0 Å². The Morgan fingerprint density at radius 3 is 2.54 bits per heavy atom. The maximum Gasteiger partial charge on any atom is 0.411 e. The van der Waals surface area contributed by atoms with Gasteiger partial charge in [0.05, 0.1) is 30.3 Å². The molecule has 1 aliphatic carbocycles. The molecule has 39 heavy (non-hydrogen) atoms. The number of aliphatic hydroxyl groups excluding tert-OH is 1. The maximum absolute atomic E-state index is 12.9. The van der Waals surface area contributed by atoms with Crippen LogP contribution in [0.5, 0.6) is 0 Å². The number of carbonyl (C=O) groups excluding carboxylic acids is 1. The van der Waals surface area contributed by atoms with Crippen molar-refractivity contribution in [1.29, 1.82) is 0 Å². The predicted molar refractivity (Wildman–Crippen MR) is 141 cm³/mol. The van der Waals surface area contributed by atoms with Crippen LogP contribution in [-0.2, 0) is 4.74 Å². The van der Waals surface area contributed by atoms with E-state index >= 15 is 0 Å². The minimum atomic E-state index is -4.29. The van der Waals surface area contributed by atoms with Gasteiger partial charge in [-0.3, -0.25) is 4.90 Å². The van der Waals surface area contributed by atoms with Crippen molar-refractivity contribution in [2.45, 2.75) is 121 Å². The van der Waals surface area contributed by atoms with Crippen molar-refractivity contribution >= 4 is 23.1 Å². The van der Waals surface area contributed by atoms with Crippen LogP contribution in [0.25, 0.3) is 11.1 Å². The van der Waals surface area contributed by atoms with Gasteiger partial charge in [-0.25, -0.2) is 14.3 Å². The van der Waals surface area contributed by atoms with Crippen molar-refractivity contribution in [3.63, 3.8) is 0 Å². The molecule has 0 radical (unpaired) electrons. The lowest BCUT2D eigenvalue weighted by Crippen LogP contribution is -2.45. The van der Waals surface area contributed by atoms with Crippen molar-refractivity contribution in [3.8, 4) is 0 Å². The molecule has 2 N–H and O–H groups in total. The predicted octanol–water partition coefficient (Wildman–Crippen LogP) is 6.06. The first-order valence-electron chi connectivity index (χ1n) is 13.9. The number of aliphatic hydroxyl groups is 1. The van der Waals surface area contributed by atoms with E-state index in [-0.39, 0.29) is 36.1 Å². The third kappa shape index (κ3) is 6.18. The smallest absolute Gasteiger partial charge is 0.411 e. The van der Waals surface area contributed by atoms with Gasteiger partial charge in [-0.15, -0.1) is 5.10 Å². The highest BCUT2D eigenvalue weighted by atomic mass is 19.4. The van der Waals surface area contributed by atoms with Crippen molar-refractivity contribution in [2.24, 2.45) is 0 Å². The molecule has 0 aromatic carbocycles. The Morgan fingerprint density at radius 1 is 1.18 bits per heavy atom. The molecule has 5 rings (SSSR count). The van der Waals surface area contributed by atoms with Crippen LogP contribution >= 0.6 is 0 Å². The zero-order valence-corrected chi connectivity index (χ0v) is 23.0. The molecule has 2 aromatic heterocycles. The summed E-state index contributed by atoms with van der Waals surface area (Å²) >= 11 is 0. The molecule has 1 saturated heterocycles. The van der Waals surface area contributed by atoms with Crippen molar-refractivity contribution in [3.05, 3.63) is 29.6 Å². The van der Waals surface area contributed by atoms with Crippen LogP contribution in [0, 0.1) is 0 Å². The zero-order valence-electron chi connectivity index (χ0n) is 23.0. The molecular formula is C28H38F3N5O3. The molecule has 3 aliphatic rings. The van der Waals surface area contributed by atoms with Gasteiger partial charge in [0.15, 0.2) is 0 Å². The lowest BCUT2D eigenvalue weighted by molar-refractivity contribution is -0.136. The second-order valence-electron chi connectivity index (χ2n) is 12.3. The fraction of sp³-hybridized carbons (Fsp3) is 0.679. The quantitative estimate of drug-likeness (QED) is 0.471. The molecule has 2 aromatic rings. The number of nitrogens with one attached hydrogen (secondary N) is 1. The van der Waals surface area contributed by atoms with E-state index in [0.29, 0.717) is 19.3 Å². The first kappa shape index (κ1) is 27.7. The topological polar surface area (TPSA) is 92.0 Å². The summed E-state index contributed by atoms with van der Waals surface area (Å²) in [7, 11) is 0. The number of rotatable bonds is 5. The van der Waals surface area contributed by atoms with Gasteiger partial charge in [-0.2, -0.15) is 13.2 Å². The Hall–Kier alpha value is -2.82. The summed E-state index contributed by atoms with van der Waals surface area (Å²) in [5.74, 6) is 0.316. The van der Waals surface area contributed by atoms with E-state index in [0.717, 1.165) is 48.0 Å². The monoisotopic (exact) mass is 549 g/mol. The van der Waals surface area contributed by atoms with Crippen LogP contribution < -0.4 is 5.32 Å². The Balaban J connectivity index is 1.48. The molecule has 214 valence electrons. The molecule has 4 heterocycles. The molecule has 1 saturated carbocycles. The normalized spacial score (nSPS) is 26.5. The number of hydrogen-bond acceptors (Lipinski definition) is 6. The average molecular weight is 550 g/mol. The lowest BCUT2D eigenvalue weighted by Gasteiger charge is -2.35. The molecular weight excluding hydrogens is 511 g/mol. The van der Waals surface area contributed by atoms with E-state index in [4.69, 9.17) is 4.74 Å². The SMILES string of the molecule is C[C@@H](CC(F)(F)F)Nc1ncc2c(C3=C[C@H]4CC[C@@H](C3)N4C(=O)OC(C)(C)C)cc([C@H]3CC[C@H](O)CC3)n2n1. The summed E-state index contributed by atoms with van der Waals surface area (Å²) in [5.41, 5.74) is 3.32. The molecule has 0 spiro atoms. The minimum Gasteiger partial charge on any atom is -0.444 e. The number of anilines is 1. The number of hydrogen-bond donors (Lipinski definition) is 2. The Bertz CT molecular complexity index is 1240. The summed E-state index contributed by atoms with van der Waals surface area (Å²) in [4.78, 5) is 19.2. The van der Waals surface area contributed by atoms with E-state index in [1.54, 1.807) is 6.20 Å². The van der Waals surface area contributed by atoms with E-state index in [2.05, 4.69) is 27.5 Å². The van der Waals surface area contributed by atoms with Crippen molar-refractivity contribution < 1.29 is 27.8 Å². The summed E-state index contributed by atoms with van der Waals surface area (Å²) in [6, 6.07) is 1.24. The highest BCUT2D eigenvalue weighted by molar-refractivity contribution is 5.82. The third-order valence-corrected chi connectivity index (χ3v) is 7.92. The van der Waals surface area contributed by atoms with Gasteiger partial charge in [0.1, 0.15) is 5.60 Å². The second kappa shape index (κ2) is 10.3. The highest BCUT2D eigenvalue weighted by Gasteiger charge is 2.42. The lowest BCUT2D eigenvalue weighted by atomic mass is 9.85. The first-order chi connectivity index (χ1) is 18.3. The van der Waals surface area contributed by atoms with Gasteiger partial charge in [0.2, 0.25) is 5.95 Å². The van der Waals surface area contributed by atoms with E-state index in [1.807, 2.05) is 30.2 Å². The maximum atomic E-state index is 12.9. The minimum absolute atomic E-state index is 0.0400. The fourth-order valence-corrected chi connectivity index (χ4v) is 6.25. The third-order valence-electron chi connectivity index (χ3n) is 7.92. The molecule has 2 fully saturated rings. The van der Waals surface area contributed by atoms with Gasteiger partial charge >= 0.3 is 12.3 Å². The largest absolute Gasteiger partial charge is 0.444 e. The number of amides is 1. The van der Waals surface area contributed by atoms with Crippen molar-refractivity contribution in [2.75, 3.05) is 5.32 Å². The highest BCUT2D eigenvalue weighted by Crippen LogP contribution is 2.43. The number of fused-ring (bicyclic) bond motifs is 3. The van der Waals surface area contributed by atoms with Crippen LogP contribution in [0.1, 0.15) is 96.2 Å². The van der Waals surface area contributed by atoms with Gasteiger partial charge < -0.3 is 15.2 Å². The van der Waals surface area contributed by atoms with Gasteiger partial charge in [-0.1, -0.05) is 6.08 Å². The van der Waals surface area contributed by atoms with Gasteiger partial charge in [0.25, 0.3) is 0 Å². The Labute approximate surface area is 226 Å². The molecule has 0 unspecified atom stereocenters. The Kier molecular flexibility index (Phi) is 7.32. The van der Waals surface area contributed by atoms with E-state index in [1.165, 1.54) is 6.92 Å². The molecule has 2 aliphatic heterocycles. The summed E-state index contributed by atoms with van der Waals surface area (Å²) in [6.45, 7) is 7.06. The standard InChI is InChI=1S/C28H38F3N5O3/c1-16(14-28(29,30)31)33-25-32-15-24-22(13-23(36(24)34-25)17-5-9-21(37)10-6-17)18-11-19-7-8-20(12-18)35(19)26(38)39-27(2,3)4/h11,13,15-17,19-21,37H,5-10,12,14H2,1-4H3,(H,33,34)/t16-,17-,19+,20-,21-/m0/s1. The number of nitrogens with zero attached hydrogens (tertiary/aromatic N) is 4. The number of ether oxygens (including phenoxy) is 1. The van der Waals surface area contributed by atoms with Crippen LogP contribution in [0.4, 0.5) is 23.9 Å². The molecule has 1 amide bonds. The van der Waals surface area contributed by atoms with E-state index in [9.17, 15) is 23.1 Å². The summed E-state index contributed by atoms with van der Waals surface area (Å²) in [6.07, 6.45) is 3.41. The van der Waals surface area contributed by atoms with Gasteiger partial charge in [0, 0.05) is 29.3 Å². The number of halogens is 3. The van der Waals surface area contributed by atoms with Crippen LogP contribution in [0.3, 0.4) is 0 Å². The van der Waals surface area contributed by atoms with Crippen LogP contribution in [-0.4, -0.2) is 66.7 Å². The average Bonchev–Trinajstić information content (AvgIpc) is 3.32. The molecule has 2 bridgehead atoms. The second-order valence-corrected chi connectivity index (χ2v) is 12.3. The molecule has 8 nitrogen and oxygen atoms in total. The fourth-order valence-electron chi connectivity index (χ4n) is 6.25. The van der Waals surface area contributed by atoms with E-state index < -0.39 is 24.2 Å². The van der Waals surface area contributed by atoms with Crippen molar-refractivity contribution in [1.82, 2.24) is 19.5 Å². The summed E-state index contributed by atoms with van der Waals surface area (Å²) in [5, 5.41) is 17.5. The number of aromatic nitrogens is 3. The number of carbonyl (C=O) groups is 1. The Morgan fingerprint density at radius 2 is 1.90 bits per heavy atom. The summed E-state index contributed by atoms with van der Waals surface area (Å²) < 4.78 is 46.2. The van der Waals surface area contributed by atoms with Crippen LogP contribution in [0.15, 0.2) is 18.3 Å². The van der Waals surface area contributed by atoms with Gasteiger partial charge in [-0.05, 0) is 84.3 Å². The first-order valence-corrected chi connectivity index (χ1v) is 13.9. The zero-order chi connectivity index (χ0) is 28.1. The molecule has 11 heteroatoms. The molecule has 3 atom stereocenters. The number of alkyl halides is 3.